The molecule has 0 saturated carbocycles. The van der Waals surface area contributed by atoms with Gasteiger partial charge in [0.05, 0.1) is 6.33 Å². The molecule has 2 aliphatic rings. The van der Waals surface area contributed by atoms with Crippen molar-refractivity contribution < 1.29 is 14.0 Å². The quantitative estimate of drug-likeness (QED) is 0.881. The molecule has 28 heavy (non-hydrogen) atoms. The number of aromatic amines is 1. The van der Waals surface area contributed by atoms with Crippen LogP contribution in [-0.4, -0.2) is 57.8 Å². The fourth-order valence-electron chi connectivity index (χ4n) is 4.50. The third-order valence-electron chi connectivity index (χ3n) is 5.97. The van der Waals surface area contributed by atoms with Crippen molar-refractivity contribution in [2.45, 2.75) is 32.1 Å². The number of hydrogen-bond acceptors (Lipinski definition) is 3. The summed E-state index contributed by atoms with van der Waals surface area (Å²) in [6.07, 6.45) is 7.41. The first-order chi connectivity index (χ1) is 13.5. The van der Waals surface area contributed by atoms with E-state index in [-0.39, 0.29) is 17.2 Å². The van der Waals surface area contributed by atoms with E-state index in [1.807, 2.05) is 9.80 Å². The minimum Gasteiger partial charge on any atom is -0.348 e. The molecule has 0 bridgehead atoms. The van der Waals surface area contributed by atoms with Crippen LogP contribution in [0.25, 0.3) is 0 Å². The van der Waals surface area contributed by atoms with Crippen molar-refractivity contribution in [3.63, 3.8) is 0 Å². The summed E-state index contributed by atoms with van der Waals surface area (Å²) in [7, 11) is 0. The van der Waals surface area contributed by atoms with Crippen LogP contribution in [0.5, 0.6) is 0 Å². The highest BCUT2D eigenvalue weighted by Gasteiger charge is 2.42. The van der Waals surface area contributed by atoms with Crippen LogP contribution in [0.2, 0.25) is 0 Å². The lowest BCUT2D eigenvalue weighted by atomic mass is 9.73. The number of aromatic nitrogens is 2. The summed E-state index contributed by atoms with van der Waals surface area (Å²) in [4.78, 5) is 36.2. The van der Waals surface area contributed by atoms with Crippen LogP contribution in [-0.2, 0) is 11.2 Å². The molecule has 0 aliphatic carbocycles. The number of piperidine rings is 2. The number of halogens is 1. The van der Waals surface area contributed by atoms with Gasteiger partial charge in [-0.15, -0.1) is 0 Å². The van der Waals surface area contributed by atoms with Crippen LogP contribution >= 0.6 is 0 Å². The van der Waals surface area contributed by atoms with Gasteiger partial charge in [-0.1, -0.05) is 6.07 Å². The second kappa shape index (κ2) is 7.73. The van der Waals surface area contributed by atoms with Crippen molar-refractivity contribution in [2.24, 2.45) is 5.41 Å². The Morgan fingerprint density at radius 2 is 2.18 bits per heavy atom. The zero-order valence-corrected chi connectivity index (χ0v) is 15.9. The summed E-state index contributed by atoms with van der Waals surface area (Å²) < 4.78 is 13.5. The molecule has 3 heterocycles. The van der Waals surface area contributed by atoms with Crippen LogP contribution in [0.15, 0.2) is 36.8 Å². The van der Waals surface area contributed by atoms with Crippen LogP contribution in [0, 0.1) is 11.2 Å². The third kappa shape index (κ3) is 3.93. The van der Waals surface area contributed by atoms with Gasteiger partial charge in [0.25, 0.3) is 5.91 Å². The molecule has 1 N–H and O–H groups in total. The fourth-order valence-corrected chi connectivity index (χ4v) is 4.50. The van der Waals surface area contributed by atoms with E-state index < -0.39 is 5.82 Å². The molecule has 1 aromatic heterocycles. The number of nitrogens with one attached hydrogen (secondary N) is 1. The molecule has 2 aliphatic heterocycles. The number of imidazole rings is 1. The number of likely N-dealkylation sites (tertiary alicyclic amines) is 2. The Labute approximate surface area is 163 Å². The molecular weight excluding hydrogens is 359 g/mol. The number of nitrogens with zero attached hydrogens (tertiary/aromatic N) is 3. The molecule has 0 radical (unpaired) electrons. The molecular formula is C21H25FN4O2. The van der Waals surface area contributed by atoms with Gasteiger partial charge in [-0.05, 0) is 37.5 Å². The molecule has 148 valence electrons. The van der Waals surface area contributed by atoms with Gasteiger partial charge in [-0.2, -0.15) is 0 Å². The smallest absolute Gasteiger partial charge is 0.253 e. The predicted octanol–water partition coefficient (Wildman–Crippen LogP) is 2.64. The van der Waals surface area contributed by atoms with Crippen molar-refractivity contribution >= 4 is 11.8 Å². The van der Waals surface area contributed by atoms with Gasteiger partial charge in [0.2, 0.25) is 5.91 Å². The molecule has 2 saturated heterocycles. The van der Waals surface area contributed by atoms with Crippen LogP contribution in [0.1, 0.15) is 41.7 Å². The summed E-state index contributed by atoms with van der Waals surface area (Å²) in [5.41, 5.74) is 1.34. The predicted molar refractivity (Wildman–Crippen MR) is 102 cm³/mol. The van der Waals surface area contributed by atoms with E-state index in [1.165, 1.54) is 12.1 Å². The monoisotopic (exact) mass is 384 g/mol. The Bertz CT molecular complexity index is 854. The summed E-state index contributed by atoms with van der Waals surface area (Å²) in [6.45, 7) is 2.63. The highest BCUT2D eigenvalue weighted by Crippen LogP contribution is 2.39. The lowest BCUT2D eigenvalue weighted by Gasteiger charge is -2.48. The molecule has 1 aromatic carbocycles. The zero-order valence-electron chi connectivity index (χ0n) is 15.9. The SMILES string of the molecule is O=C1CC[C@]2(CCCN(C(=O)c3cccc(F)c3)C2)CN1CCc1cnc[nH]1. The van der Waals surface area contributed by atoms with Gasteiger partial charge < -0.3 is 14.8 Å². The van der Waals surface area contributed by atoms with Gasteiger partial charge in [0, 0.05) is 61.9 Å². The number of carbonyl (C=O) groups is 2. The van der Waals surface area contributed by atoms with Crippen molar-refractivity contribution in [1.82, 2.24) is 19.8 Å². The maximum Gasteiger partial charge on any atom is 0.253 e. The lowest BCUT2D eigenvalue weighted by molar-refractivity contribution is -0.138. The van der Waals surface area contributed by atoms with E-state index in [9.17, 15) is 14.0 Å². The molecule has 4 rings (SSSR count). The average Bonchev–Trinajstić information content (AvgIpc) is 3.22. The fraction of sp³-hybridized carbons (Fsp3) is 0.476. The Kier molecular flexibility index (Phi) is 5.15. The highest BCUT2D eigenvalue weighted by molar-refractivity contribution is 5.94. The topological polar surface area (TPSA) is 69.3 Å². The lowest BCUT2D eigenvalue weighted by Crippen LogP contribution is -2.55. The van der Waals surface area contributed by atoms with E-state index in [2.05, 4.69) is 9.97 Å². The summed E-state index contributed by atoms with van der Waals surface area (Å²) >= 11 is 0. The largest absolute Gasteiger partial charge is 0.348 e. The minimum atomic E-state index is -0.397. The van der Waals surface area contributed by atoms with Crippen LogP contribution in [0.3, 0.4) is 0 Å². The zero-order chi connectivity index (χ0) is 19.6. The average molecular weight is 384 g/mol. The first kappa shape index (κ1) is 18.7. The summed E-state index contributed by atoms with van der Waals surface area (Å²) in [5, 5.41) is 0. The number of benzene rings is 1. The molecule has 6 nitrogen and oxygen atoms in total. The van der Waals surface area contributed by atoms with Crippen LogP contribution < -0.4 is 0 Å². The van der Waals surface area contributed by atoms with Gasteiger partial charge in [0.1, 0.15) is 5.82 Å². The van der Waals surface area contributed by atoms with Crippen molar-refractivity contribution in [2.75, 3.05) is 26.2 Å². The molecule has 7 heteroatoms. The number of amides is 2. The summed E-state index contributed by atoms with van der Waals surface area (Å²) in [6, 6.07) is 5.87. The Hall–Kier alpha value is -2.70. The Morgan fingerprint density at radius 1 is 1.29 bits per heavy atom. The number of rotatable bonds is 4. The Balaban J connectivity index is 1.44. The van der Waals surface area contributed by atoms with E-state index in [0.717, 1.165) is 31.4 Å². The highest BCUT2D eigenvalue weighted by atomic mass is 19.1. The normalized spacial score (nSPS) is 22.7. The van der Waals surface area contributed by atoms with Gasteiger partial charge in [0.15, 0.2) is 0 Å². The Morgan fingerprint density at radius 3 is 2.96 bits per heavy atom. The van der Waals surface area contributed by atoms with Gasteiger partial charge >= 0.3 is 0 Å². The van der Waals surface area contributed by atoms with E-state index in [0.29, 0.717) is 38.2 Å². The molecule has 2 amide bonds. The maximum atomic E-state index is 13.5. The van der Waals surface area contributed by atoms with E-state index in [1.54, 1.807) is 24.7 Å². The molecule has 2 aromatic rings. The molecule has 1 spiro atoms. The minimum absolute atomic E-state index is 0.0663. The summed E-state index contributed by atoms with van der Waals surface area (Å²) in [5.74, 6) is -0.343. The number of carbonyl (C=O) groups excluding carboxylic acids is 2. The molecule has 2 fully saturated rings. The molecule has 0 unspecified atom stereocenters. The number of hydrogen-bond donors (Lipinski definition) is 1. The van der Waals surface area contributed by atoms with E-state index >= 15 is 0 Å². The van der Waals surface area contributed by atoms with Crippen molar-refractivity contribution in [1.29, 1.82) is 0 Å². The van der Waals surface area contributed by atoms with Gasteiger partial charge in [-0.25, -0.2) is 9.37 Å². The first-order valence-corrected chi connectivity index (χ1v) is 9.85. The maximum absolute atomic E-state index is 13.5. The van der Waals surface area contributed by atoms with Crippen molar-refractivity contribution in [3.05, 3.63) is 53.9 Å². The van der Waals surface area contributed by atoms with Gasteiger partial charge in [-0.3, -0.25) is 9.59 Å². The second-order valence-corrected chi connectivity index (χ2v) is 7.98. The van der Waals surface area contributed by atoms with Crippen LogP contribution in [0.4, 0.5) is 4.39 Å². The standard InChI is InChI=1S/C21H25FN4O2/c22-17-4-1-3-16(11-17)20(28)26-9-2-7-21(14-26)8-5-19(27)25(13-21)10-6-18-12-23-15-24-18/h1,3-4,11-12,15H,2,5-10,13-14H2,(H,23,24)/t21-/m1/s1. The second-order valence-electron chi connectivity index (χ2n) is 7.98. The van der Waals surface area contributed by atoms with E-state index in [4.69, 9.17) is 0 Å². The molecule has 1 atom stereocenters. The number of H-pyrrole nitrogens is 1. The third-order valence-corrected chi connectivity index (χ3v) is 5.97. The van der Waals surface area contributed by atoms with Crippen molar-refractivity contribution in [3.8, 4) is 0 Å². The first-order valence-electron chi connectivity index (χ1n) is 9.85.